The molecule has 32 heavy (non-hydrogen) atoms. The van der Waals surface area contributed by atoms with Crippen LogP contribution in [0.4, 0.5) is 23.2 Å². The summed E-state index contributed by atoms with van der Waals surface area (Å²) in [4.78, 5) is 18.7. The van der Waals surface area contributed by atoms with Crippen LogP contribution in [-0.2, 0) is 10.0 Å². The van der Waals surface area contributed by atoms with Gasteiger partial charge in [0, 0.05) is 23.3 Å². The Kier molecular flexibility index (Phi) is 5.21. The molecule has 0 aliphatic rings. The molecule has 2 aromatic heterocycles. The molecular weight excluding hydrogens is 450 g/mol. The maximum absolute atomic E-state index is 15.1. The summed E-state index contributed by atoms with van der Waals surface area (Å²) in [5, 5.41) is 0.321. The standard InChI is InChI=1S/C21H13F4N3O3S/c1-10-6-12-13(9-27-21(12)26-8-10)20(29)18-15(24)4-5-16(19(18)25)28-32(30,31)17-7-11(22)2-3-14(17)23/h2-9,28H,1H3,(H,26,27). The van der Waals surface area contributed by atoms with Gasteiger partial charge in [0.2, 0.25) is 5.78 Å². The third-order valence-electron chi connectivity index (χ3n) is 4.66. The van der Waals surface area contributed by atoms with Crippen molar-refractivity contribution >= 4 is 32.5 Å². The van der Waals surface area contributed by atoms with Crippen molar-refractivity contribution in [2.75, 3.05) is 4.72 Å². The minimum absolute atomic E-state index is 0.0785. The van der Waals surface area contributed by atoms with E-state index in [-0.39, 0.29) is 5.56 Å². The van der Waals surface area contributed by atoms with Crippen LogP contribution in [0.25, 0.3) is 11.0 Å². The molecule has 0 fully saturated rings. The number of aryl methyl sites for hydroxylation is 1. The van der Waals surface area contributed by atoms with Gasteiger partial charge in [0.25, 0.3) is 10.0 Å². The molecular formula is C21H13F4N3O3S. The van der Waals surface area contributed by atoms with Crippen LogP contribution < -0.4 is 4.72 Å². The fraction of sp³-hybridized carbons (Fsp3) is 0.0476. The molecule has 0 aliphatic carbocycles. The minimum atomic E-state index is -4.79. The van der Waals surface area contributed by atoms with E-state index < -0.39 is 55.2 Å². The lowest BCUT2D eigenvalue weighted by Crippen LogP contribution is -2.17. The highest BCUT2D eigenvalue weighted by atomic mass is 32.2. The van der Waals surface area contributed by atoms with Gasteiger partial charge in [-0.15, -0.1) is 0 Å². The average molecular weight is 463 g/mol. The lowest BCUT2D eigenvalue weighted by atomic mass is 10.0. The molecule has 0 spiro atoms. The summed E-state index contributed by atoms with van der Waals surface area (Å²) in [7, 11) is -4.79. The Hall–Kier alpha value is -3.73. The van der Waals surface area contributed by atoms with Crippen LogP contribution in [0.2, 0.25) is 0 Å². The predicted molar refractivity (Wildman–Crippen MR) is 108 cm³/mol. The first-order valence-electron chi connectivity index (χ1n) is 9.03. The third-order valence-corrected chi connectivity index (χ3v) is 6.04. The van der Waals surface area contributed by atoms with E-state index in [1.807, 2.05) is 0 Å². The van der Waals surface area contributed by atoms with Crippen molar-refractivity contribution in [3.63, 3.8) is 0 Å². The highest BCUT2D eigenvalue weighted by Crippen LogP contribution is 2.29. The van der Waals surface area contributed by atoms with Gasteiger partial charge < -0.3 is 4.98 Å². The van der Waals surface area contributed by atoms with Crippen molar-refractivity contribution in [3.05, 3.63) is 88.8 Å². The number of pyridine rings is 1. The second-order valence-corrected chi connectivity index (χ2v) is 8.56. The molecule has 0 saturated carbocycles. The molecule has 0 unspecified atom stereocenters. The van der Waals surface area contributed by atoms with Gasteiger partial charge in [-0.1, -0.05) is 0 Å². The zero-order valence-electron chi connectivity index (χ0n) is 16.2. The number of hydrogen-bond acceptors (Lipinski definition) is 4. The van der Waals surface area contributed by atoms with E-state index in [1.54, 1.807) is 17.7 Å². The number of carbonyl (C=O) groups is 1. The van der Waals surface area contributed by atoms with Gasteiger partial charge in [0.1, 0.15) is 28.0 Å². The van der Waals surface area contributed by atoms with Gasteiger partial charge in [-0.05, 0) is 48.9 Å². The lowest BCUT2D eigenvalue weighted by molar-refractivity contribution is 0.103. The summed E-state index contributed by atoms with van der Waals surface area (Å²) < 4.78 is 83.5. The summed E-state index contributed by atoms with van der Waals surface area (Å²) >= 11 is 0. The normalized spacial score (nSPS) is 11.7. The Labute approximate surface area is 179 Å². The van der Waals surface area contributed by atoms with Gasteiger partial charge in [-0.3, -0.25) is 9.52 Å². The van der Waals surface area contributed by atoms with Gasteiger partial charge in [-0.2, -0.15) is 0 Å². The second kappa shape index (κ2) is 7.75. The van der Waals surface area contributed by atoms with Crippen LogP contribution in [0.3, 0.4) is 0 Å². The molecule has 0 saturated heterocycles. The van der Waals surface area contributed by atoms with Crippen molar-refractivity contribution < 1.29 is 30.8 Å². The smallest absolute Gasteiger partial charge is 0.265 e. The molecule has 0 radical (unpaired) electrons. The predicted octanol–water partition coefficient (Wildman–Crippen LogP) is 4.46. The zero-order chi connectivity index (χ0) is 23.2. The topological polar surface area (TPSA) is 91.9 Å². The number of halogens is 4. The van der Waals surface area contributed by atoms with E-state index in [0.29, 0.717) is 40.9 Å². The molecule has 4 rings (SSSR count). The van der Waals surface area contributed by atoms with Gasteiger partial charge in [0.15, 0.2) is 5.82 Å². The van der Waals surface area contributed by atoms with Gasteiger partial charge in [-0.25, -0.2) is 31.0 Å². The fourth-order valence-corrected chi connectivity index (χ4v) is 4.30. The van der Waals surface area contributed by atoms with Crippen LogP contribution in [0.15, 0.2) is 53.7 Å². The van der Waals surface area contributed by atoms with Gasteiger partial charge in [0.05, 0.1) is 11.3 Å². The number of nitrogens with one attached hydrogen (secondary N) is 2. The summed E-state index contributed by atoms with van der Waals surface area (Å²) in [5.74, 6) is -6.12. The monoisotopic (exact) mass is 463 g/mol. The first-order chi connectivity index (χ1) is 15.1. The Bertz CT molecular complexity index is 1500. The second-order valence-electron chi connectivity index (χ2n) is 6.90. The molecule has 4 aromatic rings. The van der Waals surface area contributed by atoms with E-state index in [2.05, 4.69) is 9.97 Å². The largest absolute Gasteiger partial charge is 0.345 e. The number of aromatic amines is 1. The van der Waals surface area contributed by atoms with Crippen molar-refractivity contribution in [1.82, 2.24) is 9.97 Å². The number of hydrogen-bond donors (Lipinski definition) is 2. The number of sulfonamides is 1. The highest BCUT2D eigenvalue weighted by Gasteiger charge is 2.27. The number of nitrogens with zero attached hydrogens (tertiary/aromatic N) is 1. The molecule has 6 nitrogen and oxygen atoms in total. The van der Waals surface area contributed by atoms with E-state index in [0.717, 1.165) is 6.07 Å². The van der Waals surface area contributed by atoms with Crippen LogP contribution in [0.1, 0.15) is 21.5 Å². The SMILES string of the molecule is Cc1cnc2[nH]cc(C(=O)c3c(F)ccc(NS(=O)(=O)c4cc(F)ccc4F)c3F)c2c1. The number of rotatable bonds is 5. The van der Waals surface area contributed by atoms with Gasteiger partial charge >= 0.3 is 0 Å². The number of benzene rings is 2. The Morgan fingerprint density at radius 2 is 1.75 bits per heavy atom. The Morgan fingerprint density at radius 1 is 1.03 bits per heavy atom. The van der Waals surface area contributed by atoms with E-state index in [9.17, 15) is 26.4 Å². The third kappa shape index (κ3) is 3.71. The molecule has 2 heterocycles. The molecule has 0 amide bonds. The maximum Gasteiger partial charge on any atom is 0.265 e. The molecule has 164 valence electrons. The van der Waals surface area contributed by atoms with Crippen LogP contribution in [-0.4, -0.2) is 24.2 Å². The number of H-pyrrole nitrogens is 1. The van der Waals surface area contributed by atoms with Crippen molar-refractivity contribution in [2.24, 2.45) is 0 Å². The molecule has 0 atom stereocenters. The van der Waals surface area contributed by atoms with Crippen LogP contribution >= 0.6 is 0 Å². The number of carbonyl (C=O) groups excluding carboxylic acids is 1. The summed E-state index contributed by atoms with van der Waals surface area (Å²) in [6, 6.07) is 4.73. The molecule has 0 aliphatic heterocycles. The minimum Gasteiger partial charge on any atom is -0.345 e. The molecule has 2 N–H and O–H groups in total. The summed E-state index contributed by atoms with van der Waals surface area (Å²) in [6.45, 7) is 1.72. The van der Waals surface area contributed by atoms with Crippen LogP contribution in [0, 0.1) is 30.2 Å². The lowest BCUT2D eigenvalue weighted by Gasteiger charge is -2.12. The Morgan fingerprint density at radius 3 is 2.50 bits per heavy atom. The Balaban J connectivity index is 1.78. The molecule has 2 aromatic carbocycles. The summed E-state index contributed by atoms with van der Waals surface area (Å²) in [6.07, 6.45) is 2.77. The number of anilines is 1. The van der Waals surface area contributed by atoms with E-state index in [4.69, 9.17) is 0 Å². The van der Waals surface area contributed by atoms with E-state index in [1.165, 1.54) is 12.4 Å². The quantitative estimate of drug-likeness (QED) is 0.338. The summed E-state index contributed by atoms with van der Waals surface area (Å²) in [5.41, 5.74) is -0.894. The number of ketones is 1. The van der Waals surface area contributed by atoms with Crippen molar-refractivity contribution in [1.29, 1.82) is 0 Å². The van der Waals surface area contributed by atoms with E-state index >= 15 is 4.39 Å². The molecule has 11 heteroatoms. The number of aromatic nitrogens is 2. The van der Waals surface area contributed by atoms with Crippen molar-refractivity contribution in [3.8, 4) is 0 Å². The first kappa shape index (κ1) is 21.5. The molecule has 0 bridgehead atoms. The highest BCUT2D eigenvalue weighted by molar-refractivity contribution is 7.92. The zero-order valence-corrected chi connectivity index (χ0v) is 17.0. The average Bonchev–Trinajstić information content (AvgIpc) is 3.15. The van der Waals surface area contributed by atoms with Crippen molar-refractivity contribution in [2.45, 2.75) is 11.8 Å². The fourth-order valence-electron chi connectivity index (χ4n) is 3.15. The first-order valence-corrected chi connectivity index (χ1v) is 10.5. The maximum atomic E-state index is 15.1. The number of fused-ring (bicyclic) bond motifs is 1. The van der Waals surface area contributed by atoms with Crippen LogP contribution in [0.5, 0.6) is 0 Å².